The molecular weight excluding hydrogens is 290 g/mol. The van der Waals surface area contributed by atoms with Gasteiger partial charge in [-0.25, -0.2) is 4.79 Å². The van der Waals surface area contributed by atoms with Crippen LogP contribution in [0.3, 0.4) is 0 Å². The molecule has 0 aliphatic rings. The van der Waals surface area contributed by atoms with Crippen LogP contribution >= 0.6 is 0 Å². The first-order valence-corrected chi connectivity index (χ1v) is 8.20. The molecule has 0 aliphatic heterocycles. The largest absolute Gasteiger partial charge is 0.355 e. The van der Waals surface area contributed by atoms with Gasteiger partial charge in [0, 0.05) is 13.6 Å². The second-order valence-corrected chi connectivity index (χ2v) is 6.07. The number of nitrogens with zero attached hydrogens (tertiary/aromatic N) is 1. The summed E-state index contributed by atoms with van der Waals surface area (Å²) in [7, 11) is 1.63. The van der Waals surface area contributed by atoms with Crippen LogP contribution < -0.4 is 10.6 Å². The van der Waals surface area contributed by atoms with Crippen LogP contribution in [0.15, 0.2) is 18.2 Å². The number of carbonyl (C=O) groups is 2. The number of hydrogen-bond acceptors (Lipinski definition) is 2. The van der Waals surface area contributed by atoms with E-state index in [4.69, 9.17) is 0 Å². The van der Waals surface area contributed by atoms with Crippen LogP contribution in [0, 0.1) is 13.8 Å². The normalized spacial score (nSPS) is 11.7. The lowest BCUT2D eigenvalue weighted by atomic mass is 10.0. The molecule has 1 atom stereocenters. The van der Waals surface area contributed by atoms with Gasteiger partial charge in [0.15, 0.2) is 0 Å². The predicted octanol–water partition coefficient (Wildman–Crippen LogP) is 2.92. The number of carbonyl (C=O) groups excluding carboxylic acids is 2. The highest BCUT2D eigenvalue weighted by atomic mass is 16.2. The first-order chi connectivity index (χ1) is 10.8. The van der Waals surface area contributed by atoms with Crippen LogP contribution in [-0.4, -0.2) is 37.0 Å². The summed E-state index contributed by atoms with van der Waals surface area (Å²) < 4.78 is 0. The van der Waals surface area contributed by atoms with Crippen molar-refractivity contribution in [3.05, 3.63) is 34.9 Å². The summed E-state index contributed by atoms with van der Waals surface area (Å²) in [5, 5.41) is 5.73. The topological polar surface area (TPSA) is 61.4 Å². The van der Waals surface area contributed by atoms with Gasteiger partial charge in [-0.2, -0.15) is 0 Å². The van der Waals surface area contributed by atoms with Gasteiger partial charge in [-0.1, -0.05) is 31.5 Å². The van der Waals surface area contributed by atoms with E-state index in [1.807, 2.05) is 13.0 Å². The van der Waals surface area contributed by atoms with E-state index in [0.717, 1.165) is 18.4 Å². The molecule has 1 rings (SSSR count). The molecule has 0 spiro atoms. The standard InChI is InChI=1S/C18H29N3O2/c1-6-7-10-19-17(22)12-21(5)18(23)20-15(4)16-9-8-13(2)14(3)11-16/h8-9,11,15H,6-7,10,12H2,1-5H3,(H,19,22)(H,20,23). The summed E-state index contributed by atoms with van der Waals surface area (Å²) in [4.78, 5) is 25.3. The molecule has 0 saturated carbocycles. The van der Waals surface area contributed by atoms with Gasteiger partial charge in [0.2, 0.25) is 5.91 Å². The molecule has 2 N–H and O–H groups in total. The Kier molecular flexibility index (Phi) is 7.59. The molecule has 0 aliphatic carbocycles. The van der Waals surface area contributed by atoms with Crippen molar-refractivity contribution in [3.63, 3.8) is 0 Å². The molecule has 5 heteroatoms. The SMILES string of the molecule is CCCCNC(=O)CN(C)C(=O)NC(C)c1ccc(C)c(C)c1. The summed E-state index contributed by atoms with van der Waals surface area (Å²) in [6, 6.07) is 5.80. The first-order valence-electron chi connectivity index (χ1n) is 8.20. The highest BCUT2D eigenvalue weighted by Crippen LogP contribution is 2.16. The van der Waals surface area contributed by atoms with E-state index in [0.29, 0.717) is 6.54 Å². The van der Waals surface area contributed by atoms with E-state index in [2.05, 4.69) is 43.5 Å². The van der Waals surface area contributed by atoms with E-state index < -0.39 is 0 Å². The Labute approximate surface area is 139 Å². The molecule has 0 bridgehead atoms. The number of amides is 3. The second-order valence-electron chi connectivity index (χ2n) is 6.07. The summed E-state index contributed by atoms with van der Waals surface area (Å²) in [5.74, 6) is -0.130. The van der Waals surface area contributed by atoms with Crippen LogP contribution in [0.4, 0.5) is 4.79 Å². The Morgan fingerprint density at radius 2 is 1.91 bits per heavy atom. The molecular formula is C18H29N3O2. The van der Waals surface area contributed by atoms with E-state index in [1.54, 1.807) is 7.05 Å². The van der Waals surface area contributed by atoms with Crippen molar-refractivity contribution >= 4 is 11.9 Å². The third-order valence-electron chi connectivity index (χ3n) is 3.95. The number of nitrogens with one attached hydrogen (secondary N) is 2. The average Bonchev–Trinajstić information content (AvgIpc) is 2.50. The zero-order valence-corrected chi connectivity index (χ0v) is 14.9. The Hall–Kier alpha value is -2.04. The Bertz CT molecular complexity index is 543. The monoisotopic (exact) mass is 319 g/mol. The van der Waals surface area contributed by atoms with Gasteiger partial charge < -0.3 is 15.5 Å². The van der Waals surface area contributed by atoms with Crippen LogP contribution in [0.1, 0.15) is 49.4 Å². The zero-order valence-electron chi connectivity index (χ0n) is 14.9. The molecule has 1 aromatic carbocycles. The molecule has 1 aromatic rings. The molecule has 0 saturated heterocycles. The lowest BCUT2D eigenvalue weighted by Crippen LogP contribution is -2.44. The number of aryl methyl sites for hydroxylation is 2. The highest BCUT2D eigenvalue weighted by Gasteiger charge is 2.16. The van der Waals surface area contributed by atoms with Crippen molar-refractivity contribution in [2.24, 2.45) is 0 Å². The fourth-order valence-corrected chi connectivity index (χ4v) is 2.16. The molecule has 0 heterocycles. The molecule has 5 nitrogen and oxygen atoms in total. The van der Waals surface area contributed by atoms with Crippen LogP contribution in [0.5, 0.6) is 0 Å². The van der Waals surface area contributed by atoms with Gasteiger partial charge in [-0.3, -0.25) is 4.79 Å². The van der Waals surface area contributed by atoms with E-state index >= 15 is 0 Å². The fourth-order valence-electron chi connectivity index (χ4n) is 2.16. The van der Waals surface area contributed by atoms with Gasteiger partial charge in [-0.05, 0) is 43.9 Å². The predicted molar refractivity (Wildman–Crippen MR) is 93.4 cm³/mol. The molecule has 3 amide bonds. The van der Waals surface area contributed by atoms with Crippen molar-refractivity contribution in [1.82, 2.24) is 15.5 Å². The number of benzene rings is 1. The molecule has 0 aromatic heterocycles. The molecule has 1 unspecified atom stereocenters. The van der Waals surface area contributed by atoms with Crippen molar-refractivity contribution < 1.29 is 9.59 Å². The van der Waals surface area contributed by atoms with Gasteiger partial charge in [0.1, 0.15) is 6.54 Å². The van der Waals surface area contributed by atoms with Crippen molar-refractivity contribution in [1.29, 1.82) is 0 Å². The minimum atomic E-state index is -0.249. The number of likely N-dealkylation sites (N-methyl/N-ethyl adjacent to an activating group) is 1. The maximum atomic E-state index is 12.2. The number of urea groups is 1. The summed E-state index contributed by atoms with van der Waals surface area (Å²) >= 11 is 0. The first kappa shape index (κ1) is 19.0. The Morgan fingerprint density at radius 1 is 1.22 bits per heavy atom. The maximum absolute atomic E-state index is 12.2. The maximum Gasteiger partial charge on any atom is 0.318 e. The van der Waals surface area contributed by atoms with E-state index in [-0.39, 0.29) is 24.5 Å². The smallest absolute Gasteiger partial charge is 0.318 e. The third-order valence-corrected chi connectivity index (χ3v) is 3.95. The Balaban J connectivity index is 2.50. The number of hydrogen-bond donors (Lipinski definition) is 2. The van der Waals surface area contributed by atoms with Crippen LogP contribution in [0.25, 0.3) is 0 Å². The van der Waals surface area contributed by atoms with Crippen molar-refractivity contribution in [2.45, 2.75) is 46.6 Å². The van der Waals surface area contributed by atoms with E-state index in [1.165, 1.54) is 16.0 Å². The molecule has 0 radical (unpaired) electrons. The minimum absolute atomic E-state index is 0.0647. The zero-order chi connectivity index (χ0) is 17.4. The third kappa shape index (κ3) is 6.30. The van der Waals surface area contributed by atoms with Gasteiger partial charge in [0.25, 0.3) is 0 Å². The summed E-state index contributed by atoms with van der Waals surface area (Å²) in [5.41, 5.74) is 3.49. The number of rotatable bonds is 7. The molecule has 128 valence electrons. The van der Waals surface area contributed by atoms with E-state index in [9.17, 15) is 9.59 Å². The van der Waals surface area contributed by atoms with Crippen molar-refractivity contribution in [2.75, 3.05) is 20.1 Å². The van der Waals surface area contributed by atoms with Crippen LogP contribution in [-0.2, 0) is 4.79 Å². The molecule has 0 fully saturated rings. The highest BCUT2D eigenvalue weighted by molar-refractivity contribution is 5.83. The van der Waals surface area contributed by atoms with Crippen molar-refractivity contribution in [3.8, 4) is 0 Å². The summed E-state index contributed by atoms with van der Waals surface area (Å²) in [6.07, 6.45) is 1.98. The van der Waals surface area contributed by atoms with Gasteiger partial charge >= 0.3 is 6.03 Å². The second kappa shape index (κ2) is 9.18. The lowest BCUT2D eigenvalue weighted by molar-refractivity contribution is -0.121. The quantitative estimate of drug-likeness (QED) is 0.759. The van der Waals surface area contributed by atoms with Gasteiger partial charge in [0.05, 0.1) is 6.04 Å². The van der Waals surface area contributed by atoms with Gasteiger partial charge in [-0.15, -0.1) is 0 Å². The lowest BCUT2D eigenvalue weighted by Gasteiger charge is -2.21. The number of unbranched alkanes of at least 4 members (excludes halogenated alkanes) is 1. The Morgan fingerprint density at radius 3 is 2.52 bits per heavy atom. The fraction of sp³-hybridized carbons (Fsp3) is 0.556. The van der Waals surface area contributed by atoms with Crippen LogP contribution in [0.2, 0.25) is 0 Å². The molecule has 23 heavy (non-hydrogen) atoms. The minimum Gasteiger partial charge on any atom is -0.355 e. The average molecular weight is 319 g/mol. The summed E-state index contributed by atoms with van der Waals surface area (Å²) in [6.45, 7) is 8.85.